The third kappa shape index (κ3) is 3.06. The zero-order valence-corrected chi connectivity index (χ0v) is 11.5. The third-order valence-electron chi connectivity index (χ3n) is 2.88. The number of amides is 1. The molecular formula is C15H17N3O2. The number of nitrogens with zero attached hydrogens (tertiary/aromatic N) is 2. The number of hydrogen-bond acceptors (Lipinski definition) is 4. The molecule has 104 valence electrons. The molecule has 2 aromatic rings. The Kier molecular flexibility index (Phi) is 4.20. The molecule has 2 rings (SSSR count). The average Bonchev–Trinajstić information content (AvgIpc) is 2.45. The molecule has 1 aromatic heterocycles. The van der Waals surface area contributed by atoms with Gasteiger partial charge in [0.05, 0.1) is 5.56 Å². The zero-order valence-electron chi connectivity index (χ0n) is 11.5. The summed E-state index contributed by atoms with van der Waals surface area (Å²) in [5.41, 5.74) is 1.18. The standard InChI is InChI=1S/C15H17N3O2/c1-18(2)14-11(6-5-9-16-14)10-17-15(20)12-7-3-4-8-13(12)19/h3-9,19H,10H2,1-2H3,(H,17,20). The van der Waals surface area contributed by atoms with Gasteiger partial charge in [-0.25, -0.2) is 4.98 Å². The first kappa shape index (κ1) is 13.9. The van der Waals surface area contributed by atoms with E-state index in [9.17, 15) is 9.90 Å². The second-order valence-electron chi connectivity index (χ2n) is 4.58. The summed E-state index contributed by atoms with van der Waals surface area (Å²) in [4.78, 5) is 18.2. The Morgan fingerprint density at radius 1 is 1.25 bits per heavy atom. The molecule has 0 radical (unpaired) electrons. The van der Waals surface area contributed by atoms with Gasteiger partial charge in [-0.05, 0) is 18.2 Å². The van der Waals surface area contributed by atoms with Crippen LogP contribution in [0.1, 0.15) is 15.9 Å². The predicted molar refractivity (Wildman–Crippen MR) is 77.8 cm³/mol. The van der Waals surface area contributed by atoms with E-state index in [-0.39, 0.29) is 17.2 Å². The lowest BCUT2D eigenvalue weighted by molar-refractivity contribution is 0.0948. The molecule has 5 heteroatoms. The molecular weight excluding hydrogens is 254 g/mol. The van der Waals surface area contributed by atoms with Gasteiger partial charge in [0.25, 0.3) is 5.91 Å². The van der Waals surface area contributed by atoms with Crippen molar-refractivity contribution in [3.05, 3.63) is 53.7 Å². The van der Waals surface area contributed by atoms with E-state index in [0.717, 1.165) is 11.4 Å². The number of carbonyl (C=O) groups is 1. The molecule has 0 fully saturated rings. The lowest BCUT2D eigenvalue weighted by atomic mass is 10.2. The molecule has 20 heavy (non-hydrogen) atoms. The first-order valence-corrected chi connectivity index (χ1v) is 6.27. The number of carbonyl (C=O) groups excluding carboxylic acids is 1. The number of pyridine rings is 1. The Bertz CT molecular complexity index is 612. The van der Waals surface area contributed by atoms with Crippen molar-refractivity contribution in [2.45, 2.75) is 6.54 Å². The molecule has 0 unspecified atom stereocenters. The fourth-order valence-electron chi connectivity index (χ4n) is 1.91. The van der Waals surface area contributed by atoms with Crippen molar-refractivity contribution >= 4 is 11.7 Å². The van der Waals surface area contributed by atoms with E-state index in [2.05, 4.69) is 10.3 Å². The summed E-state index contributed by atoms with van der Waals surface area (Å²) >= 11 is 0. The summed E-state index contributed by atoms with van der Waals surface area (Å²) in [5.74, 6) is 0.478. The van der Waals surface area contributed by atoms with Crippen molar-refractivity contribution in [3.63, 3.8) is 0 Å². The molecule has 1 amide bonds. The molecule has 0 saturated heterocycles. The molecule has 1 aromatic carbocycles. The highest BCUT2D eigenvalue weighted by Crippen LogP contribution is 2.17. The van der Waals surface area contributed by atoms with E-state index in [1.54, 1.807) is 24.4 Å². The number of para-hydroxylation sites is 1. The smallest absolute Gasteiger partial charge is 0.255 e. The van der Waals surface area contributed by atoms with Crippen molar-refractivity contribution < 1.29 is 9.90 Å². The summed E-state index contributed by atoms with van der Waals surface area (Å²) in [5, 5.41) is 12.4. The number of aromatic nitrogens is 1. The van der Waals surface area contributed by atoms with E-state index in [4.69, 9.17) is 0 Å². The van der Waals surface area contributed by atoms with Crippen molar-refractivity contribution in [1.29, 1.82) is 0 Å². The zero-order chi connectivity index (χ0) is 14.5. The molecule has 0 aliphatic rings. The van der Waals surface area contributed by atoms with Gasteiger partial charge < -0.3 is 15.3 Å². The van der Waals surface area contributed by atoms with Gasteiger partial charge in [0, 0.05) is 32.4 Å². The Morgan fingerprint density at radius 3 is 2.70 bits per heavy atom. The second kappa shape index (κ2) is 6.06. The maximum Gasteiger partial charge on any atom is 0.255 e. The summed E-state index contributed by atoms with van der Waals surface area (Å²) < 4.78 is 0. The Hall–Kier alpha value is -2.56. The number of phenols is 1. The van der Waals surface area contributed by atoms with Gasteiger partial charge in [-0.15, -0.1) is 0 Å². The molecule has 2 N–H and O–H groups in total. The maximum atomic E-state index is 12.0. The summed E-state index contributed by atoms with van der Waals surface area (Å²) in [6.45, 7) is 0.356. The van der Waals surface area contributed by atoms with Gasteiger partial charge in [0.15, 0.2) is 0 Å². The number of aromatic hydroxyl groups is 1. The fourth-order valence-corrected chi connectivity index (χ4v) is 1.91. The van der Waals surface area contributed by atoms with Crippen LogP contribution in [0.4, 0.5) is 5.82 Å². The van der Waals surface area contributed by atoms with Crippen LogP contribution in [0, 0.1) is 0 Å². The highest BCUT2D eigenvalue weighted by Gasteiger charge is 2.11. The van der Waals surface area contributed by atoms with Crippen LogP contribution in [-0.4, -0.2) is 30.1 Å². The van der Waals surface area contributed by atoms with Crippen molar-refractivity contribution in [3.8, 4) is 5.75 Å². The van der Waals surface area contributed by atoms with Gasteiger partial charge >= 0.3 is 0 Å². The molecule has 1 heterocycles. The Labute approximate surface area is 117 Å². The SMILES string of the molecule is CN(C)c1ncccc1CNC(=O)c1ccccc1O. The lowest BCUT2D eigenvalue weighted by Crippen LogP contribution is -2.24. The van der Waals surface area contributed by atoms with Gasteiger partial charge in [-0.3, -0.25) is 4.79 Å². The molecule has 0 atom stereocenters. The number of phenolic OH excluding ortho intramolecular Hbond substituents is 1. The predicted octanol–water partition coefficient (Wildman–Crippen LogP) is 1.78. The van der Waals surface area contributed by atoms with Crippen LogP contribution < -0.4 is 10.2 Å². The van der Waals surface area contributed by atoms with E-state index in [0.29, 0.717) is 6.54 Å². The van der Waals surface area contributed by atoms with Gasteiger partial charge in [0.1, 0.15) is 11.6 Å². The van der Waals surface area contributed by atoms with Crippen LogP contribution in [-0.2, 0) is 6.54 Å². The Balaban J connectivity index is 2.10. The van der Waals surface area contributed by atoms with Gasteiger partial charge in [-0.1, -0.05) is 18.2 Å². The largest absolute Gasteiger partial charge is 0.507 e. The molecule has 0 bridgehead atoms. The number of rotatable bonds is 4. The normalized spacial score (nSPS) is 10.1. The number of anilines is 1. The monoisotopic (exact) mass is 271 g/mol. The van der Waals surface area contributed by atoms with E-state index in [1.165, 1.54) is 6.07 Å². The quantitative estimate of drug-likeness (QED) is 0.889. The second-order valence-corrected chi connectivity index (χ2v) is 4.58. The van der Waals surface area contributed by atoms with Crippen LogP contribution >= 0.6 is 0 Å². The highest BCUT2D eigenvalue weighted by atomic mass is 16.3. The van der Waals surface area contributed by atoms with Crippen molar-refractivity contribution in [2.24, 2.45) is 0 Å². The Morgan fingerprint density at radius 2 is 2.00 bits per heavy atom. The van der Waals surface area contributed by atoms with E-state index in [1.807, 2.05) is 31.1 Å². The van der Waals surface area contributed by atoms with Gasteiger partial charge in [0.2, 0.25) is 0 Å². The van der Waals surface area contributed by atoms with Crippen LogP contribution in [0.15, 0.2) is 42.6 Å². The third-order valence-corrected chi connectivity index (χ3v) is 2.88. The fraction of sp³-hybridized carbons (Fsp3) is 0.200. The van der Waals surface area contributed by atoms with E-state index < -0.39 is 0 Å². The first-order valence-electron chi connectivity index (χ1n) is 6.27. The van der Waals surface area contributed by atoms with Crippen LogP contribution in [0.5, 0.6) is 5.75 Å². The highest BCUT2D eigenvalue weighted by molar-refractivity contribution is 5.96. The molecule has 0 aliphatic carbocycles. The van der Waals surface area contributed by atoms with E-state index >= 15 is 0 Å². The summed E-state index contributed by atoms with van der Waals surface area (Å²) in [7, 11) is 3.80. The minimum atomic E-state index is -0.309. The minimum absolute atomic E-state index is 0.0241. The molecule has 0 saturated carbocycles. The molecule has 5 nitrogen and oxygen atoms in total. The molecule has 0 aliphatic heterocycles. The topological polar surface area (TPSA) is 65.5 Å². The van der Waals surface area contributed by atoms with Crippen molar-refractivity contribution in [2.75, 3.05) is 19.0 Å². The lowest BCUT2D eigenvalue weighted by Gasteiger charge is -2.16. The number of benzene rings is 1. The minimum Gasteiger partial charge on any atom is -0.507 e. The van der Waals surface area contributed by atoms with Gasteiger partial charge in [-0.2, -0.15) is 0 Å². The van der Waals surface area contributed by atoms with Crippen LogP contribution in [0.25, 0.3) is 0 Å². The number of nitrogens with one attached hydrogen (secondary N) is 1. The average molecular weight is 271 g/mol. The molecule has 0 spiro atoms. The van der Waals surface area contributed by atoms with Crippen LogP contribution in [0.2, 0.25) is 0 Å². The number of hydrogen-bond donors (Lipinski definition) is 2. The summed E-state index contributed by atoms with van der Waals surface area (Å²) in [6.07, 6.45) is 1.71. The van der Waals surface area contributed by atoms with Crippen molar-refractivity contribution in [1.82, 2.24) is 10.3 Å². The first-order chi connectivity index (χ1) is 9.59. The summed E-state index contributed by atoms with van der Waals surface area (Å²) in [6, 6.07) is 10.2. The maximum absolute atomic E-state index is 12.0. The van der Waals surface area contributed by atoms with Crippen LogP contribution in [0.3, 0.4) is 0 Å².